The van der Waals surface area contributed by atoms with Gasteiger partial charge in [0.25, 0.3) is 0 Å². The van der Waals surface area contributed by atoms with Crippen molar-refractivity contribution in [3.63, 3.8) is 0 Å². The number of urea groups is 1. The Morgan fingerprint density at radius 2 is 1.90 bits per heavy atom. The molecule has 1 unspecified atom stereocenters. The fraction of sp³-hybridized carbons (Fsp3) is 0.867. The zero-order chi connectivity index (χ0) is 15.4. The summed E-state index contributed by atoms with van der Waals surface area (Å²) in [6.45, 7) is 4.13. The monoisotopic (exact) mass is 297 g/mol. The zero-order valence-electron chi connectivity index (χ0n) is 13.0. The summed E-state index contributed by atoms with van der Waals surface area (Å²) >= 11 is 0. The predicted octanol–water partition coefficient (Wildman–Crippen LogP) is 1.37. The molecule has 1 saturated heterocycles. The number of hydrogen-bond acceptors (Lipinski definition) is 3. The van der Waals surface area contributed by atoms with E-state index < -0.39 is 5.97 Å². The molecule has 0 aromatic heterocycles. The number of hydrogen-bond donors (Lipinski definition) is 2. The highest BCUT2D eigenvalue weighted by Crippen LogP contribution is 2.26. The normalized spacial score (nSPS) is 21.4. The van der Waals surface area contributed by atoms with E-state index in [4.69, 9.17) is 5.11 Å². The largest absolute Gasteiger partial charge is 0.481 e. The Labute approximate surface area is 126 Å². The van der Waals surface area contributed by atoms with Crippen molar-refractivity contribution < 1.29 is 14.7 Å². The summed E-state index contributed by atoms with van der Waals surface area (Å²) in [6.07, 6.45) is 4.34. The molecule has 1 saturated carbocycles. The molecular weight excluding hydrogens is 270 g/mol. The van der Waals surface area contributed by atoms with Crippen molar-refractivity contribution in [2.75, 3.05) is 26.7 Å². The summed E-state index contributed by atoms with van der Waals surface area (Å²) in [5, 5.41) is 11.8. The minimum Gasteiger partial charge on any atom is -0.481 e. The van der Waals surface area contributed by atoms with E-state index in [0.29, 0.717) is 31.7 Å². The van der Waals surface area contributed by atoms with Gasteiger partial charge in [-0.15, -0.1) is 0 Å². The van der Waals surface area contributed by atoms with Crippen LogP contribution in [0.4, 0.5) is 4.79 Å². The summed E-state index contributed by atoms with van der Waals surface area (Å²) in [4.78, 5) is 26.9. The van der Waals surface area contributed by atoms with Crippen LogP contribution in [0, 0.1) is 5.92 Å². The van der Waals surface area contributed by atoms with Crippen molar-refractivity contribution in [1.82, 2.24) is 15.1 Å². The summed E-state index contributed by atoms with van der Waals surface area (Å²) < 4.78 is 0. The van der Waals surface area contributed by atoms with Crippen LogP contribution in [0.2, 0.25) is 0 Å². The third-order valence-corrected chi connectivity index (χ3v) is 4.73. The van der Waals surface area contributed by atoms with Crippen LogP contribution in [0.1, 0.15) is 39.0 Å². The quantitative estimate of drug-likeness (QED) is 0.776. The summed E-state index contributed by atoms with van der Waals surface area (Å²) in [5.41, 5.74) is 0. The number of likely N-dealkylation sites (N-methyl/N-ethyl adjacent to an activating group) is 1. The lowest BCUT2D eigenvalue weighted by Crippen LogP contribution is -2.48. The number of piperidine rings is 1. The Hall–Kier alpha value is -1.30. The molecule has 1 heterocycles. The Balaban J connectivity index is 1.66. The van der Waals surface area contributed by atoms with Crippen LogP contribution in [-0.4, -0.2) is 65.7 Å². The van der Waals surface area contributed by atoms with E-state index in [1.165, 1.54) is 12.8 Å². The zero-order valence-corrected chi connectivity index (χ0v) is 13.0. The number of carbonyl (C=O) groups excluding carboxylic acids is 1. The van der Waals surface area contributed by atoms with Gasteiger partial charge in [-0.2, -0.15) is 0 Å². The number of carbonyl (C=O) groups is 2. The number of carboxylic acid groups (broad SMARTS) is 1. The summed E-state index contributed by atoms with van der Waals surface area (Å²) in [6, 6.07) is 1.04. The van der Waals surface area contributed by atoms with Gasteiger partial charge in [0.15, 0.2) is 0 Å². The second-order valence-electron chi connectivity index (χ2n) is 6.46. The highest BCUT2D eigenvalue weighted by molar-refractivity contribution is 5.74. The second-order valence-corrected chi connectivity index (χ2v) is 6.46. The molecule has 2 N–H and O–H groups in total. The fourth-order valence-corrected chi connectivity index (χ4v) is 2.92. The Morgan fingerprint density at radius 1 is 1.29 bits per heavy atom. The van der Waals surface area contributed by atoms with Crippen LogP contribution in [0.25, 0.3) is 0 Å². The molecule has 6 nitrogen and oxygen atoms in total. The standard InChI is InChI=1S/C15H27N3O3/c1-11(17(2)13-3-4-13)10-16-15(21)18-7-5-12(6-8-18)9-14(19)20/h11-13H,3-10H2,1-2H3,(H,16,21)(H,19,20). The molecule has 0 aromatic rings. The minimum absolute atomic E-state index is 0.0141. The lowest BCUT2D eigenvalue weighted by molar-refractivity contribution is -0.138. The van der Waals surface area contributed by atoms with Gasteiger partial charge in [0.1, 0.15) is 0 Å². The van der Waals surface area contributed by atoms with Crippen LogP contribution in [0.5, 0.6) is 0 Å². The molecule has 1 aliphatic heterocycles. The van der Waals surface area contributed by atoms with Gasteiger partial charge in [0.05, 0.1) is 0 Å². The maximum atomic E-state index is 12.1. The molecule has 21 heavy (non-hydrogen) atoms. The smallest absolute Gasteiger partial charge is 0.317 e. The van der Waals surface area contributed by atoms with Crippen LogP contribution < -0.4 is 5.32 Å². The number of carboxylic acids is 1. The van der Waals surface area contributed by atoms with E-state index in [0.717, 1.165) is 12.8 Å². The molecule has 0 radical (unpaired) electrons. The molecule has 0 aromatic carbocycles. The first kappa shape index (κ1) is 16.1. The Bertz CT molecular complexity index is 376. The first-order chi connectivity index (χ1) is 9.97. The average Bonchev–Trinajstić information content (AvgIpc) is 3.28. The molecular formula is C15H27N3O3. The van der Waals surface area contributed by atoms with Gasteiger partial charge in [0.2, 0.25) is 0 Å². The van der Waals surface area contributed by atoms with Gasteiger partial charge in [-0.1, -0.05) is 0 Å². The van der Waals surface area contributed by atoms with E-state index in [1.54, 1.807) is 0 Å². The van der Waals surface area contributed by atoms with Crippen LogP contribution >= 0.6 is 0 Å². The van der Waals surface area contributed by atoms with Gasteiger partial charge in [-0.05, 0) is 45.6 Å². The lowest BCUT2D eigenvalue weighted by atomic mass is 9.94. The molecule has 120 valence electrons. The molecule has 2 aliphatic rings. The molecule has 2 fully saturated rings. The van der Waals surface area contributed by atoms with E-state index in [2.05, 4.69) is 24.2 Å². The molecule has 2 rings (SSSR count). The maximum absolute atomic E-state index is 12.1. The van der Waals surface area contributed by atoms with Crippen molar-refractivity contribution >= 4 is 12.0 Å². The number of nitrogens with zero attached hydrogens (tertiary/aromatic N) is 2. The van der Waals surface area contributed by atoms with Crippen molar-refractivity contribution in [2.24, 2.45) is 5.92 Å². The molecule has 2 amide bonds. The molecule has 1 atom stereocenters. The summed E-state index contributed by atoms with van der Waals surface area (Å²) in [7, 11) is 2.12. The van der Waals surface area contributed by atoms with Crippen molar-refractivity contribution in [3.8, 4) is 0 Å². The van der Waals surface area contributed by atoms with Crippen molar-refractivity contribution in [2.45, 2.75) is 51.1 Å². The number of likely N-dealkylation sites (tertiary alicyclic amines) is 1. The van der Waals surface area contributed by atoms with Crippen LogP contribution in [-0.2, 0) is 4.79 Å². The highest BCUT2D eigenvalue weighted by Gasteiger charge is 2.29. The first-order valence-electron chi connectivity index (χ1n) is 7.94. The second kappa shape index (κ2) is 7.11. The van der Waals surface area contributed by atoms with Gasteiger partial charge in [-0.25, -0.2) is 4.79 Å². The summed E-state index contributed by atoms with van der Waals surface area (Å²) in [5.74, 6) is -0.527. The molecule has 0 spiro atoms. The van der Waals surface area contributed by atoms with Gasteiger partial charge >= 0.3 is 12.0 Å². The molecule has 1 aliphatic carbocycles. The van der Waals surface area contributed by atoms with Gasteiger partial charge in [-0.3, -0.25) is 9.69 Å². The van der Waals surface area contributed by atoms with Gasteiger partial charge in [0, 0.05) is 38.1 Å². The van der Waals surface area contributed by atoms with Crippen LogP contribution in [0.15, 0.2) is 0 Å². The van der Waals surface area contributed by atoms with Gasteiger partial charge < -0.3 is 15.3 Å². The van der Waals surface area contributed by atoms with E-state index in [1.807, 2.05) is 4.90 Å². The number of amides is 2. The number of rotatable bonds is 6. The third kappa shape index (κ3) is 4.88. The topological polar surface area (TPSA) is 72.9 Å². The molecule has 6 heteroatoms. The lowest BCUT2D eigenvalue weighted by Gasteiger charge is -2.32. The van der Waals surface area contributed by atoms with E-state index in [-0.39, 0.29) is 18.4 Å². The Morgan fingerprint density at radius 3 is 2.43 bits per heavy atom. The first-order valence-corrected chi connectivity index (χ1v) is 7.94. The average molecular weight is 297 g/mol. The minimum atomic E-state index is -0.741. The fourth-order valence-electron chi connectivity index (χ4n) is 2.92. The van der Waals surface area contributed by atoms with Crippen molar-refractivity contribution in [1.29, 1.82) is 0 Å². The highest BCUT2D eigenvalue weighted by atomic mass is 16.4. The third-order valence-electron chi connectivity index (χ3n) is 4.73. The Kier molecular flexibility index (Phi) is 5.45. The van der Waals surface area contributed by atoms with Crippen LogP contribution in [0.3, 0.4) is 0 Å². The number of nitrogens with one attached hydrogen (secondary N) is 1. The maximum Gasteiger partial charge on any atom is 0.317 e. The van der Waals surface area contributed by atoms with E-state index >= 15 is 0 Å². The van der Waals surface area contributed by atoms with E-state index in [9.17, 15) is 9.59 Å². The SMILES string of the molecule is CC(CNC(=O)N1CCC(CC(=O)O)CC1)N(C)C1CC1. The predicted molar refractivity (Wildman–Crippen MR) is 80.2 cm³/mol. The number of aliphatic carboxylic acids is 1. The van der Waals surface area contributed by atoms with Crippen molar-refractivity contribution in [3.05, 3.63) is 0 Å². The molecule has 0 bridgehead atoms.